The molecule has 12 heteroatoms. The summed E-state index contributed by atoms with van der Waals surface area (Å²) < 4.78 is 16.2. The van der Waals surface area contributed by atoms with Crippen LogP contribution >= 0.6 is 0 Å². The van der Waals surface area contributed by atoms with Gasteiger partial charge in [-0.05, 0) is 70.6 Å². The van der Waals surface area contributed by atoms with Crippen LogP contribution in [0.4, 0.5) is 16.2 Å². The molecule has 0 aromatic heterocycles. The van der Waals surface area contributed by atoms with Crippen LogP contribution in [0.2, 0.25) is 0 Å². The van der Waals surface area contributed by atoms with Crippen molar-refractivity contribution in [1.29, 1.82) is 0 Å². The van der Waals surface area contributed by atoms with Crippen LogP contribution in [-0.2, 0) is 27.2 Å². The van der Waals surface area contributed by atoms with E-state index in [1.54, 1.807) is 30.3 Å². The zero-order chi connectivity index (χ0) is 33.8. The van der Waals surface area contributed by atoms with Crippen LogP contribution < -0.4 is 16.0 Å². The van der Waals surface area contributed by atoms with E-state index < -0.39 is 55.2 Å². The number of rotatable bonds is 9. The van der Waals surface area contributed by atoms with Gasteiger partial charge in [-0.25, -0.2) is 4.79 Å². The van der Waals surface area contributed by atoms with Crippen LogP contribution in [0.1, 0.15) is 37.4 Å². The summed E-state index contributed by atoms with van der Waals surface area (Å²) in [5, 5.41) is 38.2. The normalized spacial score (nSPS) is 21.0. The number of methoxy groups -OCH3 is 1. The molecule has 1 heterocycles. The van der Waals surface area contributed by atoms with E-state index >= 15 is 0 Å². The maximum atomic E-state index is 13.1. The SMILES string of the molecule is CO[C@H]1O[C@H](CO)[C@@H](O)[C@H](O)[C@H]1NC(=O)c1cccc(NC(=O)c2cccc(NC(=O)OCc3cccc4c3Cc3ccccc3-4)c2)c1. The Morgan fingerprint density at radius 2 is 1.48 bits per heavy atom. The number of aliphatic hydroxyl groups is 3. The van der Waals surface area contributed by atoms with Crippen LogP contribution in [0.5, 0.6) is 0 Å². The smallest absolute Gasteiger partial charge is 0.411 e. The van der Waals surface area contributed by atoms with E-state index in [0.717, 1.165) is 23.1 Å². The van der Waals surface area contributed by atoms with Gasteiger partial charge in [0.15, 0.2) is 6.29 Å². The predicted octanol–water partition coefficient (Wildman–Crippen LogP) is 3.44. The molecule has 48 heavy (non-hydrogen) atoms. The van der Waals surface area contributed by atoms with Crippen molar-refractivity contribution in [2.75, 3.05) is 24.4 Å². The first-order valence-electron chi connectivity index (χ1n) is 15.4. The second kappa shape index (κ2) is 14.3. The zero-order valence-corrected chi connectivity index (χ0v) is 26.0. The standard InChI is InChI=1S/C36H35N3O9/c1-46-35-30(32(42)31(41)29(18-40)48-35)39-34(44)22-9-4-11-24(15-22)37-33(43)21-8-5-12-25(16-21)38-36(45)47-19-23-10-6-14-27-26-13-3-2-7-20(26)17-28(23)27/h2-16,29-32,35,40-42H,17-19H2,1H3,(H,37,43)(H,38,45)(H,39,44)/t29-,30-,31-,32-,35+/m1/s1. The van der Waals surface area contributed by atoms with E-state index in [0.29, 0.717) is 11.4 Å². The lowest BCUT2D eigenvalue weighted by atomic mass is 9.96. The molecule has 1 aliphatic carbocycles. The summed E-state index contributed by atoms with van der Waals surface area (Å²) in [4.78, 5) is 38.9. The molecule has 4 aromatic carbocycles. The third kappa shape index (κ3) is 6.93. The first-order valence-corrected chi connectivity index (χ1v) is 15.4. The molecular weight excluding hydrogens is 618 g/mol. The summed E-state index contributed by atoms with van der Waals surface area (Å²) in [5.41, 5.74) is 6.72. The van der Waals surface area contributed by atoms with Gasteiger partial charge in [-0.1, -0.05) is 54.6 Å². The molecule has 1 saturated heterocycles. The minimum absolute atomic E-state index is 0.0930. The first-order chi connectivity index (χ1) is 23.2. The molecule has 0 spiro atoms. The molecule has 0 radical (unpaired) electrons. The van der Waals surface area contributed by atoms with E-state index in [9.17, 15) is 29.7 Å². The Hall–Kier alpha value is -5.11. The lowest BCUT2D eigenvalue weighted by Gasteiger charge is -2.41. The van der Waals surface area contributed by atoms with Gasteiger partial charge in [0.05, 0.1) is 6.61 Å². The van der Waals surface area contributed by atoms with Gasteiger partial charge in [-0.3, -0.25) is 14.9 Å². The number of aliphatic hydroxyl groups excluding tert-OH is 3. The number of fused-ring (bicyclic) bond motifs is 3. The molecule has 1 fully saturated rings. The van der Waals surface area contributed by atoms with Gasteiger partial charge < -0.3 is 40.2 Å². The fourth-order valence-electron chi connectivity index (χ4n) is 6.01. The molecule has 0 bridgehead atoms. The van der Waals surface area contributed by atoms with Gasteiger partial charge in [-0.2, -0.15) is 0 Å². The number of anilines is 2. The molecule has 1 aliphatic heterocycles. The van der Waals surface area contributed by atoms with Crippen LogP contribution in [0.15, 0.2) is 91.0 Å². The Labute approximate surface area is 276 Å². The van der Waals surface area contributed by atoms with Gasteiger partial charge in [0, 0.05) is 29.6 Å². The highest BCUT2D eigenvalue weighted by Crippen LogP contribution is 2.38. The van der Waals surface area contributed by atoms with Crippen molar-refractivity contribution in [2.45, 2.75) is 43.7 Å². The zero-order valence-electron chi connectivity index (χ0n) is 26.0. The van der Waals surface area contributed by atoms with Crippen LogP contribution in [0.3, 0.4) is 0 Å². The molecule has 12 nitrogen and oxygen atoms in total. The largest absolute Gasteiger partial charge is 0.444 e. The fourth-order valence-corrected chi connectivity index (χ4v) is 6.01. The third-order valence-electron chi connectivity index (χ3n) is 8.47. The Morgan fingerprint density at radius 3 is 2.21 bits per heavy atom. The van der Waals surface area contributed by atoms with E-state index in [-0.39, 0.29) is 17.7 Å². The molecule has 3 amide bonds. The van der Waals surface area contributed by atoms with E-state index in [1.807, 2.05) is 24.3 Å². The minimum Gasteiger partial charge on any atom is -0.444 e. The van der Waals surface area contributed by atoms with E-state index in [1.165, 1.54) is 36.4 Å². The van der Waals surface area contributed by atoms with Crippen LogP contribution in [-0.4, -0.2) is 77.6 Å². The number of benzene rings is 4. The minimum atomic E-state index is -1.47. The van der Waals surface area contributed by atoms with Crippen molar-refractivity contribution in [3.63, 3.8) is 0 Å². The summed E-state index contributed by atoms with van der Waals surface area (Å²) in [7, 11) is 1.31. The molecule has 0 saturated carbocycles. The van der Waals surface area contributed by atoms with Gasteiger partial charge in [0.1, 0.15) is 31.0 Å². The Kier molecular flexibility index (Phi) is 9.80. The number of nitrogens with one attached hydrogen (secondary N) is 3. The van der Waals surface area contributed by atoms with Crippen molar-refractivity contribution in [2.24, 2.45) is 0 Å². The van der Waals surface area contributed by atoms with Crippen LogP contribution in [0, 0.1) is 0 Å². The molecule has 4 aromatic rings. The maximum absolute atomic E-state index is 13.1. The monoisotopic (exact) mass is 653 g/mol. The third-order valence-corrected chi connectivity index (χ3v) is 8.47. The lowest BCUT2D eigenvalue weighted by Crippen LogP contribution is -2.64. The summed E-state index contributed by atoms with van der Waals surface area (Å²) in [6.07, 6.45) is -5.01. The quantitative estimate of drug-likeness (QED) is 0.139. The van der Waals surface area contributed by atoms with Crippen molar-refractivity contribution in [1.82, 2.24) is 5.32 Å². The highest BCUT2D eigenvalue weighted by atomic mass is 16.7. The molecule has 6 rings (SSSR count). The van der Waals surface area contributed by atoms with Crippen molar-refractivity contribution in [3.05, 3.63) is 119 Å². The van der Waals surface area contributed by atoms with Gasteiger partial charge in [0.25, 0.3) is 11.8 Å². The van der Waals surface area contributed by atoms with Crippen molar-refractivity contribution >= 4 is 29.3 Å². The molecule has 5 atom stereocenters. The van der Waals surface area contributed by atoms with Gasteiger partial charge in [-0.15, -0.1) is 0 Å². The topological polar surface area (TPSA) is 176 Å². The Balaban J connectivity index is 1.05. The number of amides is 3. The maximum Gasteiger partial charge on any atom is 0.411 e. The van der Waals surface area contributed by atoms with E-state index in [2.05, 4.69) is 34.1 Å². The number of ether oxygens (including phenoxy) is 3. The highest BCUT2D eigenvalue weighted by Gasteiger charge is 2.45. The number of carbonyl (C=O) groups is 3. The second-order valence-corrected chi connectivity index (χ2v) is 11.5. The van der Waals surface area contributed by atoms with Crippen LogP contribution in [0.25, 0.3) is 11.1 Å². The predicted molar refractivity (Wildman–Crippen MR) is 175 cm³/mol. The number of carbonyl (C=O) groups excluding carboxylic acids is 3. The van der Waals surface area contributed by atoms with Crippen molar-refractivity contribution in [3.8, 4) is 11.1 Å². The summed E-state index contributed by atoms with van der Waals surface area (Å²) >= 11 is 0. The Morgan fingerprint density at radius 1 is 0.812 bits per heavy atom. The molecule has 6 N–H and O–H groups in total. The molecule has 2 aliphatic rings. The average Bonchev–Trinajstić information content (AvgIpc) is 3.49. The van der Waals surface area contributed by atoms with Gasteiger partial charge in [0.2, 0.25) is 0 Å². The fraction of sp³-hybridized carbons (Fsp3) is 0.250. The summed E-state index contributed by atoms with van der Waals surface area (Å²) in [6.45, 7) is -0.453. The van der Waals surface area contributed by atoms with Gasteiger partial charge >= 0.3 is 6.09 Å². The molecule has 248 valence electrons. The van der Waals surface area contributed by atoms with Crippen molar-refractivity contribution < 1.29 is 43.9 Å². The van der Waals surface area contributed by atoms with E-state index in [4.69, 9.17) is 14.2 Å². The molecule has 0 unspecified atom stereocenters. The highest BCUT2D eigenvalue weighted by molar-refractivity contribution is 6.06. The first kappa shape index (κ1) is 32.8. The Bertz CT molecular complexity index is 1830. The summed E-state index contributed by atoms with van der Waals surface area (Å²) in [6, 6.07) is 25.5. The lowest BCUT2D eigenvalue weighted by molar-refractivity contribution is -0.261. The average molecular weight is 654 g/mol. The molecular formula is C36H35N3O9. The summed E-state index contributed by atoms with van der Waals surface area (Å²) in [5.74, 6) is -1.11. The number of hydrogen-bond acceptors (Lipinski definition) is 9. The second-order valence-electron chi connectivity index (χ2n) is 11.5. The number of hydrogen-bond donors (Lipinski definition) is 6.